The van der Waals surface area contributed by atoms with Gasteiger partial charge in [0.05, 0.1) is 6.04 Å². The standard InChI is InChI=1S/C17H15N3/c1-20-11-10-16(19-20)18-17-14-8-4-2-6-12(14)13-7-3-5-9-15(13)17/h2-11,17H,1H3,(H,18,19). The van der Waals surface area contributed by atoms with E-state index < -0.39 is 0 Å². The van der Waals surface area contributed by atoms with Crippen LogP contribution in [-0.2, 0) is 7.05 Å². The van der Waals surface area contributed by atoms with Crippen molar-refractivity contribution in [1.82, 2.24) is 9.78 Å². The molecule has 0 radical (unpaired) electrons. The molecule has 1 aromatic heterocycles. The van der Waals surface area contributed by atoms with Crippen LogP contribution in [0.1, 0.15) is 17.2 Å². The molecule has 0 saturated heterocycles. The van der Waals surface area contributed by atoms with E-state index in [1.54, 1.807) is 0 Å². The zero-order valence-corrected chi connectivity index (χ0v) is 11.2. The zero-order chi connectivity index (χ0) is 13.5. The molecule has 3 aromatic rings. The molecule has 0 bridgehead atoms. The third-order valence-electron chi connectivity index (χ3n) is 3.84. The molecule has 1 aliphatic carbocycles. The maximum Gasteiger partial charge on any atom is 0.148 e. The molecule has 0 fully saturated rings. The van der Waals surface area contributed by atoms with Gasteiger partial charge in [0.2, 0.25) is 0 Å². The number of aromatic nitrogens is 2. The van der Waals surface area contributed by atoms with E-state index in [9.17, 15) is 0 Å². The van der Waals surface area contributed by atoms with E-state index in [2.05, 4.69) is 58.9 Å². The van der Waals surface area contributed by atoms with Crippen LogP contribution in [0.25, 0.3) is 11.1 Å². The predicted molar refractivity (Wildman–Crippen MR) is 80.6 cm³/mol. The SMILES string of the molecule is Cn1ccc(NC2c3ccccc3-c3ccccc32)n1. The van der Waals surface area contributed by atoms with Crippen molar-refractivity contribution >= 4 is 5.82 Å². The smallest absolute Gasteiger partial charge is 0.148 e. The average Bonchev–Trinajstić information content (AvgIpc) is 3.03. The Morgan fingerprint density at radius 2 is 1.50 bits per heavy atom. The summed E-state index contributed by atoms with van der Waals surface area (Å²) < 4.78 is 1.81. The summed E-state index contributed by atoms with van der Waals surface area (Å²) in [5, 5.41) is 7.97. The Labute approximate surface area is 117 Å². The molecule has 0 unspecified atom stereocenters. The molecule has 3 heteroatoms. The van der Waals surface area contributed by atoms with E-state index in [0.717, 1.165) is 5.82 Å². The lowest BCUT2D eigenvalue weighted by atomic mass is 10.1. The topological polar surface area (TPSA) is 29.9 Å². The van der Waals surface area contributed by atoms with Crippen LogP contribution in [0.4, 0.5) is 5.82 Å². The van der Waals surface area contributed by atoms with Crippen molar-refractivity contribution in [3.63, 3.8) is 0 Å². The van der Waals surface area contributed by atoms with E-state index in [1.165, 1.54) is 22.3 Å². The van der Waals surface area contributed by atoms with Crippen molar-refractivity contribution in [3.8, 4) is 11.1 Å². The maximum absolute atomic E-state index is 4.43. The Kier molecular flexibility index (Phi) is 2.39. The quantitative estimate of drug-likeness (QED) is 0.763. The van der Waals surface area contributed by atoms with Gasteiger partial charge in [-0.25, -0.2) is 0 Å². The van der Waals surface area contributed by atoms with Crippen molar-refractivity contribution in [1.29, 1.82) is 0 Å². The van der Waals surface area contributed by atoms with Gasteiger partial charge in [-0.2, -0.15) is 5.10 Å². The molecule has 0 amide bonds. The molecule has 98 valence electrons. The van der Waals surface area contributed by atoms with Crippen LogP contribution in [0, 0.1) is 0 Å². The molecule has 1 N–H and O–H groups in total. The van der Waals surface area contributed by atoms with Gasteiger partial charge in [-0.15, -0.1) is 0 Å². The average molecular weight is 261 g/mol. The third kappa shape index (κ3) is 1.63. The summed E-state index contributed by atoms with van der Waals surface area (Å²) in [6.45, 7) is 0. The molecular formula is C17H15N3. The lowest BCUT2D eigenvalue weighted by molar-refractivity contribution is 0.765. The van der Waals surface area contributed by atoms with Crippen LogP contribution in [0.5, 0.6) is 0 Å². The van der Waals surface area contributed by atoms with Crippen molar-refractivity contribution < 1.29 is 0 Å². The Balaban J connectivity index is 1.83. The van der Waals surface area contributed by atoms with Crippen LogP contribution >= 0.6 is 0 Å². The van der Waals surface area contributed by atoms with Crippen molar-refractivity contribution in [2.75, 3.05) is 5.32 Å². The summed E-state index contributed by atoms with van der Waals surface area (Å²) >= 11 is 0. The number of rotatable bonds is 2. The first-order chi connectivity index (χ1) is 9.83. The molecule has 0 spiro atoms. The highest BCUT2D eigenvalue weighted by molar-refractivity contribution is 5.79. The summed E-state index contributed by atoms with van der Waals surface area (Å²) in [5.41, 5.74) is 5.27. The Morgan fingerprint density at radius 1 is 0.900 bits per heavy atom. The van der Waals surface area contributed by atoms with Gasteiger partial charge in [-0.3, -0.25) is 4.68 Å². The molecular weight excluding hydrogens is 246 g/mol. The fourth-order valence-electron chi connectivity index (χ4n) is 2.95. The minimum Gasteiger partial charge on any atom is -0.358 e. The summed E-state index contributed by atoms with van der Waals surface area (Å²) in [6, 6.07) is 19.3. The van der Waals surface area contributed by atoms with Gasteiger partial charge in [0.1, 0.15) is 5.82 Å². The number of hydrogen-bond acceptors (Lipinski definition) is 2. The summed E-state index contributed by atoms with van der Waals surface area (Å²) in [5.74, 6) is 0.906. The molecule has 1 aliphatic rings. The molecule has 2 aromatic carbocycles. The van der Waals surface area contributed by atoms with Crippen LogP contribution in [0.15, 0.2) is 60.8 Å². The first-order valence-corrected chi connectivity index (χ1v) is 6.77. The second-order valence-corrected chi connectivity index (χ2v) is 5.13. The number of benzene rings is 2. The molecule has 4 rings (SSSR count). The monoisotopic (exact) mass is 261 g/mol. The van der Waals surface area contributed by atoms with Crippen molar-refractivity contribution in [2.45, 2.75) is 6.04 Å². The van der Waals surface area contributed by atoms with Crippen molar-refractivity contribution in [3.05, 3.63) is 71.9 Å². The summed E-state index contributed by atoms with van der Waals surface area (Å²) in [4.78, 5) is 0. The van der Waals surface area contributed by atoms with Crippen molar-refractivity contribution in [2.24, 2.45) is 7.05 Å². The normalized spacial score (nSPS) is 13.1. The van der Waals surface area contributed by atoms with Gasteiger partial charge in [0.25, 0.3) is 0 Å². The van der Waals surface area contributed by atoms with Gasteiger partial charge in [0.15, 0.2) is 0 Å². The minimum absolute atomic E-state index is 0.178. The molecule has 20 heavy (non-hydrogen) atoms. The van der Waals surface area contributed by atoms with Gasteiger partial charge in [0, 0.05) is 19.3 Å². The van der Waals surface area contributed by atoms with Crippen LogP contribution in [0.3, 0.4) is 0 Å². The van der Waals surface area contributed by atoms with E-state index in [-0.39, 0.29) is 6.04 Å². The van der Waals surface area contributed by atoms with Crippen LogP contribution in [-0.4, -0.2) is 9.78 Å². The van der Waals surface area contributed by atoms with Crippen LogP contribution in [0.2, 0.25) is 0 Å². The zero-order valence-electron chi connectivity index (χ0n) is 11.2. The van der Waals surface area contributed by atoms with E-state index in [4.69, 9.17) is 0 Å². The second-order valence-electron chi connectivity index (χ2n) is 5.13. The van der Waals surface area contributed by atoms with E-state index in [1.807, 2.05) is 24.0 Å². The minimum atomic E-state index is 0.178. The van der Waals surface area contributed by atoms with Gasteiger partial charge in [-0.1, -0.05) is 48.5 Å². The first kappa shape index (κ1) is 11.3. The van der Waals surface area contributed by atoms with Gasteiger partial charge < -0.3 is 5.32 Å². The molecule has 0 aliphatic heterocycles. The summed E-state index contributed by atoms with van der Waals surface area (Å²) in [6.07, 6.45) is 1.95. The number of aryl methyl sites for hydroxylation is 1. The Morgan fingerprint density at radius 3 is 2.05 bits per heavy atom. The van der Waals surface area contributed by atoms with E-state index >= 15 is 0 Å². The van der Waals surface area contributed by atoms with Crippen LogP contribution < -0.4 is 5.32 Å². The lowest BCUT2D eigenvalue weighted by Gasteiger charge is -2.15. The number of anilines is 1. The highest BCUT2D eigenvalue weighted by atomic mass is 15.3. The second kappa shape index (κ2) is 4.23. The van der Waals surface area contributed by atoms with Gasteiger partial charge in [-0.05, 0) is 22.3 Å². The number of nitrogens with zero attached hydrogens (tertiary/aromatic N) is 2. The molecule has 3 nitrogen and oxygen atoms in total. The highest BCUT2D eigenvalue weighted by Gasteiger charge is 2.28. The number of hydrogen-bond donors (Lipinski definition) is 1. The fourth-order valence-corrected chi connectivity index (χ4v) is 2.95. The first-order valence-electron chi connectivity index (χ1n) is 6.77. The summed E-state index contributed by atoms with van der Waals surface area (Å²) in [7, 11) is 1.93. The maximum atomic E-state index is 4.43. The van der Waals surface area contributed by atoms with Gasteiger partial charge >= 0.3 is 0 Å². The predicted octanol–water partition coefficient (Wildman–Crippen LogP) is 3.60. The molecule has 0 saturated carbocycles. The Hall–Kier alpha value is -2.55. The molecule has 0 atom stereocenters. The highest BCUT2D eigenvalue weighted by Crippen LogP contribution is 2.44. The third-order valence-corrected chi connectivity index (χ3v) is 3.84. The largest absolute Gasteiger partial charge is 0.358 e. The lowest BCUT2D eigenvalue weighted by Crippen LogP contribution is -2.09. The molecule has 1 heterocycles. The number of nitrogens with one attached hydrogen (secondary N) is 1. The number of fused-ring (bicyclic) bond motifs is 3. The Bertz CT molecular complexity index is 728. The van der Waals surface area contributed by atoms with E-state index in [0.29, 0.717) is 0 Å². The fraction of sp³-hybridized carbons (Fsp3) is 0.118.